The van der Waals surface area contributed by atoms with Crippen molar-refractivity contribution in [1.82, 2.24) is 24.8 Å². The molecule has 0 N–H and O–H groups in total. The van der Waals surface area contributed by atoms with E-state index in [2.05, 4.69) is 15.2 Å². The van der Waals surface area contributed by atoms with E-state index in [0.29, 0.717) is 19.1 Å². The Morgan fingerprint density at radius 3 is 2.50 bits per heavy atom. The van der Waals surface area contributed by atoms with Crippen molar-refractivity contribution < 1.29 is 18.0 Å². The molecule has 0 radical (unpaired) electrons. The largest absolute Gasteiger partial charge is 0.416 e. The van der Waals surface area contributed by atoms with E-state index in [1.54, 1.807) is 11.0 Å². The number of amides is 1. The molecule has 0 unspecified atom stereocenters. The highest BCUT2D eigenvalue weighted by Gasteiger charge is 2.33. The highest BCUT2D eigenvalue weighted by atomic mass is 32.2. The topological polar surface area (TPSA) is 54.3 Å². The van der Waals surface area contributed by atoms with Gasteiger partial charge in [0.25, 0.3) is 5.91 Å². The number of carbonyl (C=O) groups excluding carboxylic acids is 1. The Kier molecular flexibility index (Phi) is 6.33. The summed E-state index contributed by atoms with van der Waals surface area (Å²) in [4.78, 5) is 17.1. The maximum atomic E-state index is 13.2. The molecule has 2 fully saturated rings. The van der Waals surface area contributed by atoms with Crippen LogP contribution in [0.25, 0.3) is 0 Å². The predicted octanol–water partition coefficient (Wildman–Crippen LogP) is 3.00. The molecule has 2 aromatic rings. The van der Waals surface area contributed by atoms with Crippen LogP contribution in [0.5, 0.6) is 0 Å². The summed E-state index contributed by atoms with van der Waals surface area (Å²) in [5.74, 6) is 2.12. The van der Waals surface area contributed by atoms with Gasteiger partial charge in [-0.05, 0) is 24.5 Å². The van der Waals surface area contributed by atoms with Crippen LogP contribution >= 0.6 is 11.8 Å². The Morgan fingerprint density at radius 2 is 1.80 bits per heavy atom. The van der Waals surface area contributed by atoms with Crippen molar-refractivity contribution in [2.75, 3.05) is 37.7 Å². The van der Waals surface area contributed by atoms with Crippen molar-refractivity contribution in [3.63, 3.8) is 0 Å². The summed E-state index contributed by atoms with van der Waals surface area (Å²) >= 11 is 1.98. The molecule has 0 saturated carbocycles. The molecule has 3 heterocycles. The maximum absolute atomic E-state index is 13.2. The van der Waals surface area contributed by atoms with Crippen molar-refractivity contribution in [3.05, 3.63) is 47.3 Å². The highest BCUT2D eigenvalue weighted by molar-refractivity contribution is 7.99. The van der Waals surface area contributed by atoms with E-state index in [4.69, 9.17) is 0 Å². The minimum Gasteiger partial charge on any atom is -0.337 e. The fourth-order valence-electron chi connectivity index (χ4n) is 4.12. The smallest absolute Gasteiger partial charge is 0.337 e. The molecule has 162 valence electrons. The first kappa shape index (κ1) is 21.2. The molecule has 4 rings (SSSR count). The summed E-state index contributed by atoms with van der Waals surface area (Å²) in [7, 11) is 0. The molecule has 1 amide bonds. The van der Waals surface area contributed by atoms with Crippen LogP contribution in [0, 0.1) is 0 Å². The van der Waals surface area contributed by atoms with E-state index in [-0.39, 0.29) is 23.7 Å². The number of hydrogen-bond donors (Lipinski definition) is 0. The van der Waals surface area contributed by atoms with Gasteiger partial charge >= 0.3 is 6.18 Å². The molecule has 30 heavy (non-hydrogen) atoms. The summed E-state index contributed by atoms with van der Waals surface area (Å²) in [6, 6.07) is 5.89. The number of alkyl halides is 3. The van der Waals surface area contributed by atoms with Crippen LogP contribution in [0.15, 0.2) is 30.5 Å². The number of hydrogen-bond acceptors (Lipinski definition) is 5. The Hall–Kier alpha value is -2.07. The van der Waals surface area contributed by atoms with Crippen molar-refractivity contribution in [3.8, 4) is 0 Å². The van der Waals surface area contributed by atoms with Gasteiger partial charge in [-0.25, -0.2) is 4.68 Å². The average Bonchev–Trinajstić information content (AvgIpc) is 3.22. The molecule has 2 saturated heterocycles. The number of carbonyl (C=O) groups is 1. The third kappa shape index (κ3) is 4.80. The molecule has 0 spiro atoms. The zero-order valence-corrected chi connectivity index (χ0v) is 17.3. The molecule has 1 aromatic heterocycles. The number of piperidine rings is 1. The second kappa shape index (κ2) is 8.97. The van der Waals surface area contributed by atoms with Gasteiger partial charge in [0, 0.05) is 43.7 Å². The van der Waals surface area contributed by atoms with Crippen LogP contribution in [0.1, 0.15) is 34.5 Å². The van der Waals surface area contributed by atoms with E-state index in [9.17, 15) is 18.0 Å². The SMILES string of the molecule is O=C(c1cn(Cc2ccccc2C(F)(F)F)nn1)N1CCC(N2CCSCC2)CC1. The van der Waals surface area contributed by atoms with Gasteiger partial charge in [-0.3, -0.25) is 9.69 Å². The molecule has 2 aliphatic heterocycles. The second-order valence-corrected chi connectivity index (χ2v) is 8.85. The lowest BCUT2D eigenvalue weighted by atomic mass is 10.0. The fourth-order valence-corrected chi connectivity index (χ4v) is 5.05. The van der Waals surface area contributed by atoms with Gasteiger partial charge in [-0.1, -0.05) is 23.4 Å². The van der Waals surface area contributed by atoms with E-state index in [1.807, 2.05) is 11.8 Å². The number of nitrogens with zero attached hydrogens (tertiary/aromatic N) is 5. The molecule has 10 heteroatoms. The molecule has 0 bridgehead atoms. The monoisotopic (exact) mass is 439 g/mol. The van der Waals surface area contributed by atoms with Gasteiger partial charge < -0.3 is 4.90 Å². The van der Waals surface area contributed by atoms with E-state index in [0.717, 1.165) is 32.0 Å². The fraction of sp³-hybridized carbons (Fsp3) is 0.550. The minimum absolute atomic E-state index is 0.0920. The summed E-state index contributed by atoms with van der Waals surface area (Å²) < 4.78 is 40.8. The summed E-state index contributed by atoms with van der Waals surface area (Å²) in [5, 5.41) is 7.80. The van der Waals surface area contributed by atoms with Crippen LogP contribution in [0.3, 0.4) is 0 Å². The number of thioether (sulfide) groups is 1. The molecule has 2 aliphatic rings. The number of aromatic nitrogens is 3. The maximum Gasteiger partial charge on any atom is 0.416 e. The number of rotatable bonds is 4. The molecule has 1 aromatic carbocycles. The first-order chi connectivity index (χ1) is 14.4. The normalized spacial score (nSPS) is 19.2. The lowest BCUT2D eigenvalue weighted by Gasteiger charge is -2.39. The minimum atomic E-state index is -4.44. The van der Waals surface area contributed by atoms with Crippen molar-refractivity contribution >= 4 is 17.7 Å². The van der Waals surface area contributed by atoms with Crippen LogP contribution < -0.4 is 0 Å². The zero-order valence-electron chi connectivity index (χ0n) is 16.5. The Labute approximate surface area is 177 Å². The number of halogens is 3. The zero-order chi connectivity index (χ0) is 21.1. The Balaban J connectivity index is 1.37. The van der Waals surface area contributed by atoms with Crippen LogP contribution in [0.4, 0.5) is 13.2 Å². The summed E-state index contributed by atoms with van der Waals surface area (Å²) in [5.41, 5.74) is -0.437. The van der Waals surface area contributed by atoms with Crippen LogP contribution in [-0.4, -0.2) is 74.4 Å². The quantitative estimate of drug-likeness (QED) is 0.733. The average molecular weight is 440 g/mol. The summed E-state index contributed by atoms with van der Waals surface area (Å²) in [6.45, 7) is 3.45. The molecule has 6 nitrogen and oxygen atoms in total. The predicted molar refractivity (Wildman–Crippen MR) is 108 cm³/mol. The third-order valence-electron chi connectivity index (χ3n) is 5.73. The van der Waals surface area contributed by atoms with E-state index >= 15 is 0 Å². The van der Waals surface area contributed by atoms with Crippen LogP contribution in [0.2, 0.25) is 0 Å². The second-order valence-electron chi connectivity index (χ2n) is 7.63. The number of benzene rings is 1. The summed E-state index contributed by atoms with van der Waals surface area (Å²) in [6.07, 6.45) is -1.14. The van der Waals surface area contributed by atoms with Gasteiger partial charge in [0.15, 0.2) is 5.69 Å². The van der Waals surface area contributed by atoms with Crippen LogP contribution in [-0.2, 0) is 12.7 Å². The Morgan fingerprint density at radius 1 is 1.10 bits per heavy atom. The number of likely N-dealkylation sites (tertiary alicyclic amines) is 1. The van der Waals surface area contributed by atoms with E-state index in [1.165, 1.54) is 34.5 Å². The molecular weight excluding hydrogens is 415 g/mol. The van der Waals surface area contributed by atoms with Crippen molar-refractivity contribution in [2.45, 2.75) is 31.6 Å². The van der Waals surface area contributed by atoms with Crippen molar-refractivity contribution in [1.29, 1.82) is 0 Å². The van der Waals surface area contributed by atoms with E-state index < -0.39 is 11.7 Å². The first-order valence-electron chi connectivity index (χ1n) is 10.1. The molecule has 0 atom stereocenters. The van der Waals surface area contributed by atoms with Gasteiger partial charge in [0.1, 0.15) is 0 Å². The van der Waals surface area contributed by atoms with Crippen molar-refractivity contribution in [2.24, 2.45) is 0 Å². The lowest BCUT2D eigenvalue weighted by molar-refractivity contribution is -0.138. The third-order valence-corrected chi connectivity index (χ3v) is 6.67. The molecular formula is C20H24F3N5OS. The first-order valence-corrected chi connectivity index (χ1v) is 11.2. The van der Waals surface area contributed by atoms with Gasteiger partial charge in [0.2, 0.25) is 0 Å². The highest BCUT2D eigenvalue weighted by Crippen LogP contribution is 2.32. The lowest BCUT2D eigenvalue weighted by Crippen LogP contribution is -2.49. The van der Waals surface area contributed by atoms with Gasteiger partial charge in [0.05, 0.1) is 18.3 Å². The standard InChI is InChI=1S/C20H24F3N5OS/c21-20(22,23)17-4-2-1-3-15(17)13-28-14-18(24-25-28)19(29)27-7-5-16(6-8-27)26-9-11-30-12-10-26/h1-4,14,16H,5-13H2. The Bertz CT molecular complexity index is 873. The molecule has 0 aliphatic carbocycles. The van der Waals surface area contributed by atoms with Gasteiger partial charge in [-0.15, -0.1) is 5.10 Å². The van der Waals surface area contributed by atoms with Gasteiger partial charge in [-0.2, -0.15) is 24.9 Å².